The summed E-state index contributed by atoms with van der Waals surface area (Å²) in [6.07, 6.45) is -2.14. The van der Waals surface area contributed by atoms with E-state index >= 15 is 0 Å². The molecule has 0 aliphatic heterocycles. The van der Waals surface area contributed by atoms with Crippen molar-refractivity contribution in [1.82, 2.24) is 19.7 Å². The lowest BCUT2D eigenvalue weighted by molar-refractivity contribution is -0.141. The molecular formula is C10H10F3N5O. The molecule has 102 valence electrons. The van der Waals surface area contributed by atoms with Gasteiger partial charge in [-0.2, -0.15) is 18.3 Å². The van der Waals surface area contributed by atoms with Crippen molar-refractivity contribution in [3.63, 3.8) is 0 Å². The van der Waals surface area contributed by atoms with Crippen molar-refractivity contribution in [1.29, 1.82) is 0 Å². The number of halogens is 3. The van der Waals surface area contributed by atoms with E-state index in [4.69, 9.17) is 4.74 Å². The van der Waals surface area contributed by atoms with Crippen LogP contribution in [0.2, 0.25) is 0 Å². The zero-order valence-electron chi connectivity index (χ0n) is 10.1. The highest BCUT2D eigenvalue weighted by atomic mass is 19.4. The molecule has 6 nitrogen and oxygen atoms in total. The van der Waals surface area contributed by atoms with Gasteiger partial charge in [-0.25, -0.2) is 14.6 Å². The molecule has 0 saturated carbocycles. The minimum Gasteiger partial charge on any atom is -0.490 e. The number of hydrogen-bond acceptors (Lipinski definition) is 5. The number of methoxy groups -OCH3 is 1. The van der Waals surface area contributed by atoms with Crippen molar-refractivity contribution < 1.29 is 17.9 Å². The highest BCUT2D eigenvalue weighted by molar-refractivity contribution is 5.57. The van der Waals surface area contributed by atoms with E-state index in [-0.39, 0.29) is 11.6 Å². The van der Waals surface area contributed by atoms with Gasteiger partial charge in [0.1, 0.15) is 6.33 Å². The summed E-state index contributed by atoms with van der Waals surface area (Å²) >= 11 is 0. The average molecular weight is 273 g/mol. The van der Waals surface area contributed by atoms with Gasteiger partial charge in [0.15, 0.2) is 11.5 Å². The van der Waals surface area contributed by atoms with Crippen molar-refractivity contribution in [3.05, 3.63) is 24.3 Å². The zero-order valence-corrected chi connectivity index (χ0v) is 10.1. The smallest absolute Gasteiger partial charge is 0.435 e. The normalized spacial score (nSPS) is 11.4. The third-order valence-corrected chi connectivity index (χ3v) is 2.32. The van der Waals surface area contributed by atoms with Crippen LogP contribution in [0.15, 0.2) is 18.6 Å². The Bertz CT molecular complexity index is 581. The van der Waals surface area contributed by atoms with Crippen LogP contribution in [0.3, 0.4) is 0 Å². The van der Waals surface area contributed by atoms with Gasteiger partial charge in [0, 0.05) is 13.2 Å². The Kier molecular flexibility index (Phi) is 3.28. The second kappa shape index (κ2) is 4.75. The van der Waals surface area contributed by atoms with Gasteiger partial charge in [-0.15, -0.1) is 0 Å². The summed E-state index contributed by atoms with van der Waals surface area (Å²) in [7, 11) is 2.98. The van der Waals surface area contributed by atoms with E-state index in [1.165, 1.54) is 13.4 Å². The quantitative estimate of drug-likeness (QED) is 0.922. The lowest BCUT2D eigenvalue weighted by Crippen LogP contribution is -2.09. The molecule has 19 heavy (non-hydrogen) atoms. The molecule has 0 amide bonds. The minimum absolute atomic E-state index is 0.123. The van der Waals surface area contributed by atoms with Crippen LogP contribution < -0.4 is 10.1 Å². The van der Waals surface area contributed by atoms with Crippen molar-refractivity contribution in [3.8, 4) is 11.6 Å². The van der Waals surface area contributed by atoms with E-state index in [1.807, 2.05) is 0 Å². The van der Waals surface area contributed by atoms with Gasteiger partial charge in [-0.05, 0) is 6.07 Å². The van der Waals surface area contributed by atoms with Crippen molar-refractivity contribution >= 4 is 5.82 Å². The Labute approximate surface area is 106 Å². The van der Waals surface area contributed by atoms with Crippen LogP contribution in [-0.2, 0) is 6.18 Å². The van der Waals surface area contributed by atoms with E-state index in [0.717, 1.165) is 16.9 Å². The molecule has 0 atom stereocenters. The van der Waals surface area contributed by atoms with Gasteiger partial charge in [0.05, 0.1) is 7.11 Å². The fraction of sp³-hybridized carbons (Fsp3) is 0.300. The number of alkyl halides is 3. The third kappa shape index (κ3) is 2.44. The molecular weight excluding hydrogens is 263 g/mol. The van der Waals surface area contributed by atoms with E-state index in [0.29, 0.717) is 5.82 Å². The van der Waals surface area contributed by atoms with Crippen LogP contribution in [0.25, 0.3) is 5.82 Å². The molecule has 0 bridgehead atoms. The van der Waals surface area contributed by atoms with Gasteiger partial charge >= 0.3 is 6.18 Å². The van der Waals surface area contributed by atoms with Gasteiger partial charge in [0.25, 0.3) is 0 Å². The molecule has 2 rings (SSSR count). The molecule has 0 aliphatic rings. The minimum atomic E-state index is -4.50. The first-order chi connectivity index (χ1) is 8.97. The topological polar surface area (TPSA) is 64.9 Å². The Morgan fingerprint density at radius 1 is 1.32 bits per heavy atom. The SMILES string of the molecule is CNc1ncnc(-n2ccc(C(F)(F)F)n2)c1OC. The molecule has 2 aromatic rings. The Morgan fingerprint density at radius 3 is 2.58 bits per heavy atom. The first kappa shape index (κ1) is 13.1. The molecule has 0 aromatic carbocycles. The van der Waals surface area contributed by atoms with Crippen LogP contribution in [0.1, 0.15) is 5.69 Å². The number of aromatic nitrogens is 4. The van der Waals surface area contributed by atoms with Gasteiger partial charge in [-0.3, -0.25) is 0 Å². The lowest BCUT2D eigenvalue weighted by atomic mass is 10.4. The average Bonchev–Trinajstić information content (AvgIpc) is 2.86. The van der Waals surface area contributed by atoms with E-state index in [2.05, 4.69) is 20.4 Å². The summed E-state index contributed by atoms with van der Waals surface area (Å²) < 4.78 is 43.6. The van der Waals surface area contributed by atoms with Crippen LogP contribution in [0.4, 0.5) is 19.0 Å². The number of nitrogens with one attached hydrogen (secondary N) is 1. The summed E-state index contributed by atoms with van der Waals surface area (Å²) in [5, 5.41) is 6.18. The fourth-order valence-corrected chi connectivity index (χ4v) is 1.49. The summed E-state index contributed by atoms with van der Waals surface area (Å²) in [6.45, 7) is 0. The van der Waals surface area contributed by atoms with Crippen LogP contribution >= 0.6 is 0 Å². The van der Waals surface area contributed by atoms with Crippen molar-refractivity contribution in [2.75, 3.05) is 19.5 Å². The number of hydrogen-bond donors (Lipinski definition) is 1. The maximum Gasteiger partial charge on any atom is 0.435 e. The molecule has 0 unspecified atom stereocenters. The number of ether oxygens (including phenoxy) is 1. The Hall–Kier alpha value is -2.32. The lowest BCUT2D eigenvalue weighted by Gasteiger charge is -2.10. The Morgan fingerprint density at radius 2 is 2.05 bits per heavy atom. The maximum atomic E-state index is 12.5. The van der Waals surface area contributed by atoms with E-state index in [1.54, 1.807) is 7.05 Å². The monoisotopic (exact) mass is 273 g/mol. The standard InChI is InChI=1S/C10H10F3N5O/c1-14-8-7(19-2)9(16-5-15-8)18-4-3-6(17-18)10(11,12)13/h3-5H,1-2H3,(H,14,15,16). The highest BCUT2D eigenvalue weighted by Crippen LogP contribution is 2.30. The molecule has 0 spiro atoms. The number of rotatable bonds is 3. The van der Waals surface area contributed by atoms with Crippen LogP contribution in [-0.4, -0.2) is 33.9 Å². The predicted molar refractivity (Wildman–Crippen MR) is 60.3 cm³/mol. The van der Waals surface area contributed by atoms with Crippen molar-refractivity contribution in [2.24, 2.45) is 0 Å². The molecule has 0 radical (unpaired) electrons. The predicted octanol–water partition coefficient (Wildman–Crippen LogP) is 1.73. The van der Waals surface area contributed by atoms with Gasteiger partial charge < -0.3 is 10.1 Å². The summed E-state index contributed by atoms with van der Waals surface area (Å²) in [4.78, 5) is 7.78. The second-order valence-electron chi connectivity index (χ2n) is 3.47. The largest absolute Gasteiger partial charge is 0.490 e. The molecule has 2 aromatic heterocycles. The summed E-state index contributed by atoms with van der Waals surface area (Å²) in [6, 6.07) is 0.862. The molecule has 2 heterocycles. The molecule has 0 fully saturated rings. The van der Waals surface area contributed by atoms with Crippen LogP contribution in [0, 0.1) is 0 Å². The first-order valence-corrected chi connectivity index (χ1v) is 5.17. The third-order valence-electron chi connectivity index (χ3n) is 2.32. The molecule has 0 aliphatic carbocycles. The number of nitrogens with zero attached hydrogens (tertiary/aromatic N) is 4. The van der Waals surface area contributed by atoms with Crippen molar-refractivity contribution in [2.45, 2.75) is 6.18 Å². The van der Waals surface area contributed by atoms with E-state index in [9.17, 15) is 13.2 Å². The van der Waals surface area contributed by atoms with Crippen LogP contribution in [0.5, 0.6) is 5.75 Å². The maximum absolute atomic E-state index is 12.5. The fourth-order valence-electron chi connectivity index (χ4n) is 1.49. The highest BCUT2D eigenvalue weighted by Gasteiger charge is 2.34. The zero-order chi connectivity index (χ0) is 14.0. The van der Waals surface area contributed by atoms with Gasteiger partial charge in [-0.1, -0.05) is 0 Å². The molecule has 9 heteroatoms. The molecule has 1 N–H and O–H groups in total. The van der Waals surface area contributed by atoms with Gasteiger partial charge in [0.2, 0.25) is 11.6 Å². The molecule has 0 saturated heterocycles. The Balaban J connectivity index is 2.50. The van der Waals surface area contributed by atoms with E-state index < -0.39 is 11.9 Å². The summed E-state index contributed by atoms with van der Waals surface area (Å²) in [5.41, 5.74) is -1.00. The first-order valence-electron chi connectivity index (χ1n) is 5.17. The second-order valence-corrected chi connectivity index (χ2v) is 3.47. The number of anilines is 1. The summed E-state index contributed by atoms with van der Waals surface area (Å²) in [5.74, 6) is 0.690.